The number of hydrogen-bond acceptors (Lipinski definition) is 1. The van der Waals surface area contributed by atoms with E-state index in [2.05, 4.69) is 37.2 Å². The van der Waals surface area contributed by atoms with Crippen molar-refractivity contribution in [3.05, 3.63) is 62.3 Å². The van der Waals surface area contributed by atoms with Gasteiger partial charge in [0.15, 0.2) is 0 Å². The molecule has 94 valence electrons. The highest BCUT2D eigenvalue weighted by molar-refractivity contribution is 9.10. The van der Waals surface area contributed by atoms with Crippen LogP contribution in [0.25, 0.3) is 0 Å². The number of halogens is 3. The van der Waals surface area contributed by atoms with E-state index in [0.717, 1.165) is 25.8 Å². The van der Waals surface area contributed by atoms with Crippen molar-refractivity contribution < 1.29 is 4.39 Å². The zero-order valence-corrected chi connectivity index (χ0v) is 13.0. The second-order valence-corrected chi connectivity index (χ2v) is 5.71. The van der Waals surface area contributed by atoms with Crippen LogP contribution in [-0.4, -0.2) is 0 Å². The van der Waals surface area contributed by atoms with Gasteiger partial charge >= 0.3 is 0 Å². The molecule has 4 heteroatoms. The molecule has 0 amide bonds. The van der Waals surface area contributed by atoms with Gasteiger partial charge in [0.25, 0.3) is 0 Å². The molecule has 0 saturated carbocycles. The number of anilines is 1. The molecule has 0 radical (unpaired) electrons. The lowest BCUT2D eigenvalue weighted by molar-refractivity contribution is 0.626. The first kappa shape index (κ1) is 13.6. The molecule has 2 aromatic rings. The van der Waals surface area contributed by atoms with Crippen molar-refractivity contribution >= 4 is 37.5 Å². The second-order valence-electron chi connectivity index (χ2n) is 4.00. The van der Waals surface area contributed by atoms with Crippen LogP contribution in [0.2, 0.25) is 0 Å². The first-order valence-electron chi connectivity index (χ1n) is 5.51. The van der Waals surface area contributed by atoms with Crippen molar-refractivity contribution in [2.75, 3.05) is 5.32 Å². The van der Waals surface area contributed by atoms with Gasteiger partial charge in [-0.3, -0.25) is 0 Å². The second kappa shape index (κ2) is 5.85. The predicted molar refractivity (Wildman–Crippen MR) is 80.3 cm³/mol. The maximum Gasteiger partial charge on any atom is 0.124 e. The zero-order chi connectivity index (χ0) is 13.1. The highest BCUT2D eigenvalue weighted by atomic mass is 79.9. The van der Waals surface area contributed by atoms with Crippen molar-refractivity contribution in [3.63, 3.8) is 0 Å². The van der Waals surface area contributed by atoms with Crippen LogP contribution in [0.5, 0.6) is 0 Å². The van der Waals surface area contributed by atoms with Crippen molar-refractivity contribution in [2.24, 2.45) is 0 Å². The van der Waals surface area contributed by atoms with Crippen LogP contribution in [0.1, 0.15) is 11.1 Å². The van der Waals surface area contributed by atoms with Crippen LogP contribution >= 0.6 is 31.9 Å². The molecule has 1 nitrogen and oxygen atoms in total. The summed E-state index contributed by atoms with van der Waals surface area (Å²) >= 11 is 6.86. The van der Waals surface area contributed by atoms with E-state index in [0.29, 0.717) is 6.54 Å². The minimum Gasteiger partial charge on any atom is -0.381 e. The minimum atomic E-state index is -0.232. The molecule has 0 unspecified atom stereocenters. The molecule has 1 N–H and O–H groups in total. The average molecular weight is 373 g/mol. The topological polar surface area (TPSA) is 12.0 Å². The van der Waals surface area contributed by atoms with Gasteiger partial charge < -0.3 is 5.32 Å². The number of hydrogen-bond donors (Lipinski definition) is 1. The zero-order valence-electron chi connectivity index (χ0n) is 9.81. The lowest BCUT2D eigenvalue weighted by Gasteiger charge is -2.11. The summed E-state index contributed by atoms with van der Waals surface area (Å²) in [5.41, 5.74) is 3.26. The summed E-state index contributed by atoms with van der Waals surface area (Å²) < 4.78 is 14.8. The third-order valence-electron chi connectivity index (χ3n) is 2.75. The fraction of sp³-hybridized carbons (Fsp3) is 0.143. The van der Waals surface area contributed by atoms with Crippen molar-refractivity contribution in [3.8, 4) is 0 Å². The SMILES string of the molecule is Cc1c(Br)cccc1NCc1ccc(F)cc1Br. The third-order valence-corrected chi connectivity index (χ3v) is 4.35. The van der Waals surface area contributed by atoms with E-state index in [1.54, 1.807) is 6.07 Å². The Hall–Kier alpha value is -0.870. The summed E-state index contributed by atoms with van der Waals surface area (Å²) in [7, 11) is 0. The van der Waals surface area contributed by atoms with Gasteiger partial charge in [-0.25, -0.2) is 4.39 Å². The van der Waals surface area contributed by atoms with Gasteiger partial charge in [-0.05, 0) is 42.3 Å². The van der Waals surface area contributed by atoms with Crippen LogP contribution in [0, 0.1) is 12.7 Å². The maximum atomic E-state index is 13.0. The lowest BCUT2D eigenvalue weighted by atomic mass is 10.2. The van der Waals surface area contributed by atoms with Crippen LogP contribution < -0.4 is 5.32 Å². The van der Waals surface area contributed by atoms with Crippen molar-refractivity contribution in [1.82, 2.24) is 0 Å². The van der Waals surface area contributed by atoms with Gasteiger partial charge in [-0.2, -0.15) is 0 Å². The molecule has 0 saturated heterocycles. The van der Waals surface area contributed by atoms with Gasteiger partial charge in [0.2, 0.25) is 0 Å². The predicted octanol–water partition coefficient (Wildman–Crippen LogP) is 5.27. The average Bonchev–Trinajstić information content (AvgIpc) is 2.33. The van der Waals surface area contributed by atoms with Crippen LogP contribution in [0.3, 0.4) is 0 Å². The molecule has 0 aliphatic carbocycles. The Morgan fingerprint density at radius 2 is 1.89 bits per heavy atom. The van der Waals surface area contributed by atoms with Crippen molar-refractivity contribution in [1.29, 1.82) is 0 Å². The van der Waals surface area contributed by atoms with Gasteiger partial charge in [-0.15, -0.1) is 0 Å². The van der Waals surface area contributed by atoms with Gasteiger partial charge in [-0.1, -0.05) is 44.0 Å². The number of benzene rings is 2. The molecule has 2 aromatic carbocycles. The molecular weight excluding hydrogens is 361 g/mol. The van der Waals surface area contributed by atoms with E-state index in [1.807, 2.05) is 25.1 Å². The van der Waals surface area contributed by atoms with E-state index in [4.69, 9.17) is 0 Å². The molecule has 0 bridgehead atoms. The van der Waals surface area contributed by atoms with E-state index in [1.165, 1.54) is 12.1 Å². The fourth-order valence-electron chi connectivity index (χ4n) is 1.65. The Labute approximate surface area is 123 Å². The highest BCUT2D eigenvalue weighted by Crippen LogP contribution is 2.25. The third kappa shape index (κ3) is 3.12. The fourth-order valence-corrected chi connectivity index (χ4v) is 2.51. The summed E-state index contributed by atoms with van der Waals surface area (Å²) in [4.78, 5) is 0. The maximum absolute atomic E-state index is 13.0. The summed E-state index contributed by atoms with van der Waals surface area (Å²) in [5, 5.41) is 3.35. The summed E-state index contributed by atoms with van der Waals surface area (Å²) in [6, 6.07) is 10.7. The summed E-state index contributed by atoms with van der Waals surface area (Å²) in [5.74, 6) is -0.232. The summed E-state index contributed by atoms with van der Waals surface area (Å²) in [6.07, 6.45) is 0. The Bertz CT molecular complexity index is 570. The molecule has 0 aromatic heterocycles. The molecule has 0 spiro atoms. The summed E-state index contributed by atoms with van der Waals surface area (Å²) in [6.45, 7) is 2.70. The monoisotopic (exact) mass is 371 g/mol. The van der Waals surface area contributed by atoms with E-state index >= 15 is 0 Å². The van der Waals surface area contributed by atoms with Gasteiger partial charge in [0.1, 0.15) is 5.82 Å². The molecule has 0 heterocycles. The van der Waals surface area contributed by atoms with E-state index in [-0.39, 0.29) is 5.82 Å². The lowest BCUT2D eigenvalue weighted by Crippen LogP contribution is -2.02. The quantitative estimate of drug-likeness (QED) is 0.773. The van der Waals surface area contributed by atoms with Crippen LogP contribution in [-0.2, 0) is 6.54 Å². The molecule has 2 rings (SSSR count). The molecule has 0 fully saturated rings. The number of rotatable bonds is 3. The van der Waals surface area contributed by atoms with Crippen molar-refractivity contribution in [2.45, 2.75) is 13.5 Å². The standard InChI is InChI=1S/C14H12Br2FN/c1-9-12(15)3-2-4-14(9)18-8-10-5-6-11(17)7-13(10)16/h2-7,18H,8H2,1H3. The first-order valence-corrected chi connectivity index (χ1v) is 7.09. The first-order chi connectivity index (χ1) is 8.58. The van der Waals surface area contributed by atoms with E-state index < -0.39 is 0 Å². The van der Waals surface area contributed by atoms with E-state index in [9.17, 15) is 4.39 Å². The molecule has 0 aliphatic rings. The minimum absolute atomic E-state index is 0.232. The van der Waals surface area contributed by atoms with Crippen LogP contribution in [0.15, 0.2) is 45.3 Å². The highest BCUT2D eigenvalue weighted by Gasteiger charge is 2.04. The normalized spacial score (nSPS) is 10.4. The molecule has 0 atom stereocenters. The number of nitrogens with one attached hydrogen (secondary N) is 1. The Morgan fingerprint density at radius 1 is 1.11 bits per heavy atom. The Balaban J connectivity index is 2.14. The molecule has 18 heavy (non-hydrogen) atoms. The Morgan fingerprint density at radius 3 is 2.61 bits per heavy atom. The van der Waals surface area contributed by atoms with Crippen LogP contribution in [0.4, 0.5) is 10.1 Å². The smallest absolute Gasteiger partial charge is 0.124 e. The molecular formula is C14H12Br2FN. The largest absolute Gasteiger partial charge is 0.381 e. The molecule has 0 aliphatic heterocycles. The Kier molecular flexibility index (Phi) is 4.40. The van der Waals surface area contributed by atoms with Gasteiger partial charge in [0.05, 0.1) is 0 Å². The van der Waals surface area contributed by atoms with Gasteiger partial charge in [0, 0.05) is 21.2 Å².